The molecular formula is C16H14N2O3. The third kappa shape index (κ3) is 2.72. The molecule has 1 amide bonds. The minimum absolute atomic E-state index is 0.0457. The Morgan fingerprint density at radius 3 is 2.76 bits per heavy atom. The molecule has 3 rings (SSSR count). The van der Waals surface area contributed by atoms with Crippen LogP contribution in [0.5, 0.6) is 5.75 Å². The molecule has 0 saturated carbocycles. The fourth-order valence-corrected chi connectivity index (χ4v) is 2.19. The normalized spacial score (nSPS) is 14.0. The molecule has 0 bridgehead atoms. The average molecular weight is 282 g/mol. The van der Waals surface area contributed by atoms with Crippen LogP contribution in [0.25, 0.3) is 0 Å². The highest BCUT2D eigenvalue weighted by atomic mass is 16.6. The fourth-order valence-electron chi connectivity index (χ4n) is 2.19. The van der Waals surface area contributed by atoms with Crippen LogP contribution >= 0.6 is 0 Å². The van der Waals surface area contributed by atoms with Crippen LogP contribution in [-0.2, 0) is 9.63 Å². The SMILES string of the molecule is CON=C(c1ccccc1)c1ccc2c(c1)NC(=O)CO2. The van der Waals surface area contributed by atoms with Gasteiger partial charge in [-0.1, -0.05) is 35.5 Å². The number of rotatable bonds is 3. The van der Waals surface area contributed by atoms with E-state index in [1.165, 1.54) is 7.11 Å². The fraction of sp³-hybridized carbons (Fsp3) is 0.125. The zero-order chi connectivity index (χ0) is 14.7. The van der Waals surface area contributed by atoms with Crippen LogP contribution in [0.2, 0.25) is 0 Å². The first kappa shape index (κ1) is 13.2. The number of ether oxygens (including phenoxy) is 1. The van der Waals surface area contributed by atoms with Crippen molar-refractivity contribution in [2.24, 2.45) is 5.16 Å². The number of benzene rings is 2. The van der Waals surface area contributed by atoms with E-state index < -0.39 is 0 Å². The van der Waals surface area contributed by atoms with E-state index in [0.29, 0.717) is 17.1 Å². The lowest BCUT2D eigenvalue weighted by molar-refractivity contribution is -0.118. The highest BCUT2D eigenvalue weighted by molar-refractivity contribution is 6.13. The summed E-state index contributed by atoms with van der Waals surface area (Å²) < 4.78 is 5.35. The van der Waals surface area contributed by atoms with Gasteiger partial charge < -0.3 is 14.9 Å². The molecule has 0 radical (unpaired) electrons. The number of carbonyl (C=O) groups excluding carboxylic acids is 1. The number of fused-ring (bicyclic) bond motifs is 1. The second-order valence-electron chi connectivity index (χ2n) is 4.54. The summed E-state index contributed by atoms with van der Waals surface area (Å²) in [5.74, 6) is 0.493. The molecule has 0 fully saturated rings. The van der Waals surface area contributed by atoms with Gasteiger partial charge in [0.2, 0.25) is 0 Å². The van der Waals surface area contributed by atoms with E-state index in [-0.39, 0.29) is 12.5 Å². The predicted octanol–water partition coefficient (Wildman–Crippen LogP) is 2.42. The molecule has 1 heterocycles. The van der Waals surface area contributed by atoms with Crippen molar-refractivity contribution in [3.63, 3.8) is 0 Å². The van der Waals surface area contributed by atoms with Crippen LogP contribution in [0.1, 0.15) is 11.1 Å². The minimum atomic E-state index is -0.162. The highest BCUT2D eigenvalue weighted by Gasteiger charge is 2.18. The van der Waals surface area contributed by atoms with Crippen LogP contribution in [0.3, 0.4) is 0 Å². The largest absolute Gasteiger partial charge is 0.482 e. The lowest BCUT2D eigenvalue weighted by atomic mass is 10.0. The van der Waals surface area contributed by atoms with E-state index in [4.69, 9.17) is 9.57 Å². The van der Waals surface area contributed by atoms with Gasteiger partial charge in [-0.25, -0.2) is 0 Å². The molecule has 1 N–H and O–H groups in total. The molecule has 0 aliphatic carbocycles. The Bertz CT molecular complexity index is 696. The monoisotopic (exact) mass is 282 g/mol. The quantitative estimate of drug-likeness (QED) is 0.694. The van der Waals surface area contributed by atoms with Crippen molar-refractivity contribution >= 4 is 17.3 Å². The van der Waals surface area contributed by atoms with Gasteiger partial charge in [0.1, 0.15) is 18.6 Å². The number of hydrogen-bond acceptors (Lipinski definition) is 4. The molecule has 0 atom stereocenters. The minimum Gasteiger partial charge on any atom is -0.482 e. The summed E-state index contributed by atoms with van der Waals surface area (Å²) in [6.45, 7) is 0.0457. The Morgan fingerprint density at radius 2 is 2.00 bits per heavy atom. The Morgan fingerprint density at radius 1 is 1.19 bits per heavy atom. The highest BCUT2D eigenvalue weighted by Crippen LogP contribution is 2.29. The van der Waals surface area contributed by atoms with Crippen LogP contribution in [-0.4, -0.2) is 25.3 Å². The summed E-state index contributed by atoms with van der Waals surface area (Å²) in [7, 11) is 1.51. The molecule has 1 aliphatic heterocycles. The van der Waals surface area contributed by atoms with E-state index in [1.807, 2.05) is 48.5 Å². The summed E-state index contributed by atoms with van der Waals surface area (Å²) in [6, 6.07) is 15.2. The van der Waals surface area contributed by atoms with Crippen molar-refractivity contribution in [1.29, 1.82) is 0 Å². The number of nitrogens with one attached hydrogen (secondary N) is 1. The molecule has 0 spiro atoms. The van der Waals surface area contributed by atoms with Gasteiger partial charge in [-0.2, -0.15) is 0 Å². The Hall–Kier alpha value is -2.82. The van der Waals surface area contributed by atoms with Crippen LogP contribution in [0.15, 0.2) is 53.7 Å². The van der Waals surface area contributed by atoms with Gasteiger partial charge in [0, 0.05) is 11.1 Å². The number of carbonyl (C=O) groups is 1. The molecule has 21 heavy (non-hydrogen) atoms. The maximum absolute atomic E-state index is 11.4. The maximum Gasteiger partial charge on any atom is 0.262 e. The molecule has 5 heteroatoms. The van der Waals surface area contributed by atoms with Gasteiger partial charge in [0.05, 0.1) is 5.69 Å². The third-order valence-electron chi connectivity index (χ3n) is 3.12. The maximum atomic E-state index is 11.4. The summed E-state index contributed by atoms with van der Waals surface area (Å²) in [5, 5.41) is 6.88. The number of nitrogens with zero attached hydrogens (tertiary/aromatic N) is 1. The Kier molecular flexibility index (Phi) is 3.55. The van der Waals surface area contributed by atoms with Crippen LogP contribution < -0.4 is 10.1 Å². The summed E-state index contributed by atoms with van der Waals surface area (Å²) >= 11 is 0. The second-order valence-corrected chi connectivity index (χ2v) is 4.54. The Labute approximate surface area is 122 Å². The molecule has 0 aromatic heterocycles. The van der Waals surface area contributed by atoms with Crippen LogP contribution in [0.4, 0.5) is 5.69 Å². The van der Waals surface area contributed by atoms with Crippen molar-refractivity contribution in [1.82, 2.24) is 0 Å². The topological polar surface area (TPSA) is 59.9 Å². The molecule has 106 valence electrons. The average Bonchev–Trinajstić information content (AvgIpc) is 2.52. The predicted molar refractivity (Wildman–Crippen MR) is 79.7 cm³/mol. The smallest absolute Gasteiger partial charge is 0.262 e. The molecule has 0 saturated heterocycles. The van der Waals surface area contributed by atoms with Gasteiger partial charge in [-0.15, -0.1) is 0 Å². The number of anilines is 1. The van der Waals surface area contributed by atoms with Gasteiger partial charge in [0.25, 0.3) is 5.91 Å². The molecule has 5 nitrogen and oxygen atoms in total. The van der Waals surface area contributed by atoms with Crippen molar-refractivity contribution < 1.29 is 14.4 Å². The molecule has 1 aliphatic rings. The standard InChI is InChI=1S/C16H14N2O3/c1-20-18-16(11-5-3-2-4-6-11)12-7-8-14-13(9-12)17-15(19)10-21-14/h2-9H,10H2,1H3,(H,17,19). The van der Waals surface area contributed by atoms with Gasteiger partial charge in [0.15, 0.2) is 6.61 Å². The summed E-state index contributed by atoms with van der Waals surface area (Å²) in [5.41, 5.74) is 3.11. The first-order chi connectivity index (χ1) is 10.3. The molecular weight excluding hydrogens is 268 g/mol. The lowest BCUT2D eigenvalue weighted by Crippen LogP contribution is -2.25. The van der Waals surface area contributed by atoms with Gasteiger partial charge >= 0.3 is 0 Å². The van der Waals surface area contributed by atoms with Crippen LogP contribution in [0, 0.1) is 0 Å². The van der Waals surface area contributed by atoms with Crippen molar-refractivity contribution in [2.75, 3.05) is 19.0 Å². The van der Waals surface area contributed by atoms with E-state index >= 15 is 0 Å². The van der Waals surface area contributed by atoms with Gasteiger partial charge in [-0.3, -0.25) is 4.79 Å². The van der Waals surface area contributed by atoms with Crippen molar-refractivity contribution in [3.05, 3.63) is 59.7 Å². The summed E-state index contributed by atoms with van der Waals surface area (Å²) in [4.78, 5) is 16.4. The van der Waals surface area contributed by atoms with E-state index in [2.05, 4.69) is 10.5 Å². The second kappa shape index (κ2) is 5.66. The zero-order valence-corrected chi connectivity index (χ0v) is 11.5. The number of hydrogen-bond donors (Lipinski definition) is 1. The van der Waals surface area contributed by atoms with Crippen molar-refractivity contribution in [2.45, 2.75) is 0 Å². The van der Waals surface area contributed by atoms with E-state index in [0.717, 1.165) is 11.1 Å². The van der Waals surface area contributed by atoms with E-state index in [9.17, 15) is 4.79 Å². The first-order valence-corrected chi connectivity index (χ1v) is 6.51. The zero-order valence-electron chi connectivity index (χ0n) is 11.5. The Balaban J connectivity index is 2.03. The molecule has 2 aromatic carbocycles. The first-order valence-electron chi connectivity index (χ1n) is 6.51. The third-order valence-corrected chi connectivity index (χ3v) is 3.12. The summed E-state index contributed by atoms with van der Waals surface area (Å²) in [6.07, 6.45) is 0. The number of amides is 1. The van der Waals surface area contributed by atoms with Gasteiger partial charge in [-0.05, 0) is 18.2 Å². The van der Waals surface area contributed by atoms with E-state index in [1.54, 1.807) is 0 Å². The molecule has 0 unspecified atom stereocenters. The van der Waals surface area contributed by atoms with Crippen molar-refractivity contribution in [3.8, 4) is 5.75 Å². The number of oxime groups is 1. The lowest BCUT2D eigenvalue weighted by Gasteiger charge is -2.18. The molecule has 2 aromatic rings.